The molecule has 7 nitrogen and oxygen atoms in total. The minimum Gasteiger partial charge on any atom is -0.377 e. The first kappa shape index (κ1) is 19.2. The average Bonchev–Trinajstić information content (AvgIpc) is 3.33. The summed E-state index contributed by atoms with van der Waals surface area (Å²) in [5.41, 5.74) is 0.945. The van der Waals surface area contributed by atoms with Gasteiger partial charge in [-0.15, -0.1) is 0 Å². The predicted octanol–water partition coefficient (Wildman–Crippen LogP) is 3.26. The summed E-state index contributed by atoms with van der Waals surface area (Å²) < 4.78 is 11.2. The molecule has 1 aliphatic heterocycles. The lowest BCUT2D eigenvalue weighted by molar-refractivity contribution is -0.106. The van der Waals surface area contributed by atoms with Crippen molar-refractivity contribution in [2.75, 3.05) is 13.2 Å². The highest BCUT2D eigenvalue weighted by atomic mass is 35.5. The van der Waals surface area contributed by atoms with E-state index in [1.165, 1.54) is 0 Å². The zero-order valence-electron chi connectivity index (χ0n) is 16.4. The maximum absolute atomic E-state index is 5.93. The number of ether oxygens (including phenoxy) is 1. The van der Waals surface area contributed by atoms with E-state index in [1.54, 1.807) is 12.1 Å². The predicted molar refractivity (Wildman–Crippen MR) is 108 cm³/mol. The molecule has 2 N–H and O–H groups in total. The summed E-state index contributed by atoms with van der Waals surface area (Å²) in [7, 11) is 0. The fraction of sp³-hybridized carbons (Fsp3) is 0.550. The Kier molecular flexibility index (Phi) is 5.29. The summed E-state index contributed by atoms with van der Waals surface area (Å²) in [6.07, 6.45) is 1.44. The van der Waals surface area contributed by atoms with Crippen LogP contribution in [-0.4, -0.2) is 41.4 Å². The van der Waals surface area contributed by atoms with Gasteiger partial charge in [0.2, 0.25) is 11.7 Å². The molecular weight excluding hydrogens is 378 g/mol. The van der Waals surface area contributed by atoms with Crippen molar-refractivity contribution in [3.63, 3.8) is 0 Å². The highest BCUT2D eigenvalue weighted by Crippen LogP contribution is 2.52. The van der Waals surface area contributed by atoms with E-state index in [2.05, 4.69) is 46.5 Å². The molecule has 3 atom stereocenters. The number of rotatable bonds is 5. The maximum atomic E-state index is 5.93. The highest BCUT2D eigenvalue weighted by molar-refractivity contribution is 6.30. The molecule has 0 bridgehead atoms. The minimum atomic E-state index is 0.0869. The Balaban J connectivity index is 1.43. The van der Waals surface area contributed by atoms with Crippen LogP contribution in [0.25, 0.3) is 11.4 Å². The fourth-order valence-electron chi connectivity index (χ4n) is 4.27. The number of guanidine groups is 1. The number of nitrogens with zero attached hydrogens (tertiary/aromatic N) is 3. The molecule has 1 saturated heterocycles. The van der Waals surface area contributed by atoms with Crippen LogP contribution in [0, 0.1) is 11.3 Å². The number of halogens is 1. The van der Waals surface area contributed by atoms with Gasteiger partial charge in [-0.1, -0.05) is 30.6 Å². The number of hydrogen-bond acceptors (Lipinski definition) is 5. The summed E-state index contributed by atoms with van der Waals surface area (Å²) in [5, 5.41) is 11.6. The smallest absolute Gasteiger partial charge is 0.248 e. The van der Waals surface area contributed by atoms with Gasteiger partial charge in [0.05, 0.1) is 6.10 Å². The van der Waals surface area contributed by atoms with Crippen LogP contribution in [0.4, 0.5) is 0 Å². The zero-order valence-corrected chi connectivity index (χ0v) is 17.2. The monoisotopic (exact) mass is 403 g/mol. The summed E-state index contributed by atoms with van der Waals surface area (Å²) in [6.45, 7) is 8.49. The van der Waals surface area contributed by atoms with Crippen molar-refractivity contribution in [3.8, 4) is 11.4 Å². The topological polar surface area (TPSA) is 84.6 Å². The van der Waals surface area contributed by atoms with Gasteiger partial charge in [0, 0.05) is 41.1 Å². The minimum absolute atomic E-state index is 0.0869. The third kappa shape index (κ3) is 3.61. The second-order valence-electron chi connectivity index (χ2n) is 7.90. The zero-order chi connectivity index (χ0) is 19.7. The molecule has 150 valence electrons. The molecule has 2 aliphatic rings. The summed E-state index contributed by atoms with van der Waals surface area (Å²) in [6, 6.07) is 7.68. The Hall–Kier alpha value is -2.12. The van der Waals surface area contributed by atoms with E-state index in [9.17, 15) is 0 Å². The molecular formula is C20H26ClN5O2. The number of hydrogen-bond donors (Lipinski definition) is 2. The van der Waals surface area contributed by atoms with Gasteiger partial charge in [-0.25, -0.2) is 4.99 Å². The van der Waals surface area contributed by atoms with Crippen molar-refractivity contribution in [2.45, 2.75) is 45.9 Å². The van der Waals surface area contributed by atoms with Gasteiger partial charge < -0.3 is 19.9 Å². The molecule has 4 rings (SSSR count). The van der Waals surface area contributed by atoms with E-state index in [0.29, 0.717) is 41.3 Å². The molecule has 1 saturated carbocycles. The van der Waals surface area contributed by atoms with E-state index in [4.69, 9.17) is 20.9 Å². The van der Waals surface area contributed by atoms with Crippen LogP contribution in [0.3, 0.4) is 0 Å². The third-order valence-electron chi connectivity index (χ3n) is 5.68. The molecule has 0 radical (unpaired) electrons. The number of benzene rings is 1. The van der Waals surface area contributed by atoms with Gasteiger partial charge in [-0.3, -0.25) is 0 Å². The van der Waals surface area contributed by atoms with Crippen LogP contribution in [-0.2, 0) is 11.3 Å². The SMILES string of the molecule is CCNC(=NCc1nc(-c2ccc(Cl)cc2)no1)NC1C2CCOC2C1(C)C. The molecule has 28 heavy (non-hydrogen) atoms. The first-order valence-electron chi connectivity index (χ1n) is 9.74. The highest BCUT2D eigenvalue weighted by Gasteiger charge is 2.59. The average molecular weight is 404 g/mol. The summed E-state index contributed by atoms with van der Waals surface area (Å²) >= 11 is 5.93. The van der Waals surface area contributed by atoms with Crippen LogP contribution in [0.15, 0.2) is 33.8 Å². The second-order valence-corrected chi connectivity index (χ2v) is 8.34. The van der Waals surface area contributed by atoms with Crippen LogP contribution >= 0.6 is 11.6 Å². The van der Waals surface area contributed by atoms with Crippen LogP contribution in [0.5, 0.6) is 0 Å². The lowest BCUT2D eigenvalue weighted by Crippen LogP contribution is -2.67. The number of aromatic nitrogens is 2. The molecule has 1 aromatic carbocycles. The summed E-state index contributed by atoms with van der Waals surface area (Å²) in [5.74, 6) is 2.30. The quantitative estimate of drug-likeness (QED) is 0.588. The molecule has 2 fully saturated rings. The Labute approximate surface area is 169 Å². The van der Waals surface area contributed by atoms with Crippen LogP contribution < -0.4 is 10.6 Å². The lowest BCUT2D eigenvalue weighted by atomic mass is 9.57. The van der Waals surface area contributed by atoms with E-state index in [-0.39, 0.29) is 5.41 Å². The Morgan fingerprint density at radius 1 is 1.32 bits per heavy atom. The van der Waals surface area contributed by atoms with E-state index < -0.39 is 0 Å². The van der Waals surface area contributed by atoms with Crippen molar-refractivity contribution in [1.82, 2.24) is 20.8 Å². The first-order chi connectivity index (χ1) is 13.5. The molecule has 1 aromatic heterocycles. The fourth-order valence-corrected chi connectivity index (χ4v) is 4.39. The largest absolute Gasteiger partial charge is 0.377 e. The van der Waals surface area contributed by atoms with Crippen LogP contribution in [0.1, 0.15) is 33.1 Å². The first-order valence-corrected chi connectivity index (χ1v) is 10.1. The van der Waals surface area contributed by atoms with Gasteiger partial charge in [0.1, 0.15) is 6.54 Å². The molecule has 1 aliphatic carbocycles. The number of aliphatic imine (C=N–C) groups is 1. The molecule has 0 spiro atoms. The normalized spacial score (nSPS) is 25.9. The van der Waals surface area contributed by atoms with Crippen LogP contribution in [0.2, 0.25) is 5.02 Å². The summed E-state index contributed by atoms with van der Waals surface area (Å²) in [4.78, 5) is 9.08. The van der Waals surface area contributed by atoms with Crippen molar-refractivity contribution >= 4 is 17.6 Å². The van der Waals surface area contributed by atoms with E-state index >= 15 is 0 Å². The maximum Gasteiger partial charge on any atom is 0.248 e. The van der Waals surface area contributed by atoms with Crippen molar-refractivity contribution in [1.29, 1.82) is 0 Å². The Morgan fingerprint density at radius 2 is 2.11 bits per heavy atom. The van der Waals surface area contributed by atoms with Gasteiger partial charge in [0.25, 0.3) is 0 Å². The van der Waals surface area contributed by atoms with Gasteiger partial charge in [-0.05, 0) is 37.6 Å². The lowest BCUT2D eigenvalue weighted by Gasteiger charge is -2.54. The molecule has 2 aromatic rings. The molecule has 3 unspecified atom stereocenters. The van der Waals surface area contributed by atoms with Crippen molar-refractivity contribution in [2.24, 2.45) is 16.3 Å². The van der Waals surface area contributed by atoms with Gasteiger partial charge >= 0.3 is 0 Å². The standard InChI is InChI=1S/C20H26ClN5O2/c1-4-22-19(25-16-14-9-10-27-17(14)20(16,2)3)23-11-15-24-18(26-28-15)12-5-7-13(21)8-6-12/h5-8,14,16-17H,4,9-11H2,1-3H3,(H2,22,23,25). The molecule has 2 heterocycles. The van der Waals surface area contributed by atoms with E-state index in [0.717, 1.165) is 31.1 Å². The Bertz CT molecular complexity index is 849. The number of fused-ring (bicyclic) bond motifs is 1. The third-order valence-corrected chi connectivity index (χ3v) is 5.93. The van der Waals surface area contributed by atoms with E-state index in [1.807, 2.05) is 12.1 Å². The van der Waals surface area contributed by atoms with Gasteiger partial charge in [0.15, 0.2) is 5.96 Å². The van der Waals surface area contributed by atoms with Crippen molar-refractivity contribution in [3.05, 3.63) is 35.2 Å². The number of nitrogens with one attached hydrogen (secondary N) is 2. The Morgan fingerprint density at radius 3 is 2.86 bits per heavy atom. The molecule has 8 heteroatoms. The van der Waals surface area contributed by atoms with Crippen molar-refractivity contribution < 1.29 is 9.26 Å². The molecule has 0 amide bonds. The second kappa shape index (κ2) is 7.72. The van der Waals surface area contributed by atoms with Gasteiger partial charge in [-0.2, -0.15) is 4.98 Å².